The van der Waals surface area contributed by atoms with Gasteiger partial charge in [0.2, 0.25) is 0 Å². The molecule has 0 aliphatic rings. The van der Waals surface area contributed by atoms with Crippen LogP contribution >= 0.6 is 15.9 Å². The number of carbonyl (C=O) groups excluding carboxylic acids is 1. The molecule has 1 aromatic rings. The highest BCUT2D eigenvalue weighted by molar-refractivity contribution is 9.10. The van der Waals surface area contributed by atoms with Crippen LogP contribution in [0.25, 0.3) is 0 Å². The van der Waals surface area contributed by atoms with Crippen molar-refractivity contribution in [3.63, 3.8) is 0 Å². The van der Waals surface area contributed by atoms with Gasteiger partial charge in [0.1, 0.15) is 4.60 Å². The average Bonchev–Trinajstić information content (AvgIpc) is 2.15. The minimum atomic E-state index is -0.0846. The van der Waals surface area contributed by atoms with E-state index in [0.717, 1.165) is 0 Å². The first-order valence-corrected chi connectivity index (χ1v) is 5.29. The molecular formula is C10H13BrN2O. The van der Waals surface area contributed by atoms with Gasteiger partial charge in [0, 0.05) is 12.7 Å². The molecule has 0 fully saturated rings. The number of halogens is 1. The van der Waals surface area contributed by atoms with Crippen LogP contribution in [0.1, 0.15) is 24.2 Å². The molecule has 0 radical (unpaired) electrons. The normalized spacial score (nSPS) is 10.3. The maximum atomic E-state index is 11.6. The van der Waals surface area contributed by atoms with Crippen molar-refractivity contribution in [3.05, 3.63) is 28.5 Å². The predicted octanol–water partition coefficient (Wildman–Crippen LogP) is 2.23. The number of hydrogen-bond acceptors (Lipinski definition) is 2. The van der Waals surface area contributed by atoms with Crippen molar-refractivity contribution in [2.24, 2.45) is 5.92 Å². The average molecular weight is 257 g/mol. The highest BCUT2D eigenvalue weighted by Crippen LogP contribution is 2.11. The van der Waals surface area contributed by atoms with Crippen LogP contribution in [-0.2, 0) is 0 Å². The Hall–Kier alpha value is -0.900. The number of carbonyl (C=O) groups is 1. The van der Waals surface area contributed by atoms with Crippen LogP contribution in [0.3, 0.4) is 0 Å². The van der Waals surface area contributed by atoms with Crippen molar-refractivity contribution in [3.8, 4) is 0 Å². The molecule has 0 aromatic carbocycles. The number of hydrogen-bond donors (Lipinski definition) is 1. The van der Waals surface area contributed by atoms with E-state index in [-0.39, 0.29) is 5.91 Å². The maximum Gasteiger partial charge on any atom is 0.254 e. The molecule has 0 atom stereocenters. The summed E-state index contributed by atoms with van der Waals surface area (Å²) >= 11 is 3.23. The predicted molar refractivity (Wildman–Crippen MR) is 59.1 cm³/mol. The molecule has 3 nitrogen and oxygen atoms in total. The Morgan fingerprint density at radius 2 is 2.36 bits per heavy atom. The molecule has 0 saturated heterocycles. The van der Waals surface area contributed by atoms with E-state index >= 15 is 0 Å². The van der Waals surface area contributed by atoms with Gasteiger partial charge in [-0.15, -0.1) is 0 Å². The molecule has 0 unspecified atom stereocenters. The Morgan fingerprint density at radius 3 is 2.93 bits per heavy atom. The molecule has 0 bridgehead atoms. The number of rotatable bonds is 3. The zero-order chi connectivity index (χ0) is 10.6. The van der Waals surface area contributed by atoms with Crippen LogP contribution in [0.4, 0.5) is 0 Å². The van der Waals surface area contributed by atoms with Gasteiger partial charge in [0.25, 0.3) is 5.91 Å². The highest BCUT2D eigenvalue weighted by atomic mass is 79.9. The third-order valence-corrected chi connectivity index (χ3v) is 2.31. The first-order valence-electron chi connectivity index (χ1n) is 4.50. The lowest BCUT2D eigenvalue weighted by molar-refractivity contribution is 0.0948. The van der Waals surface area contributed by atoms with Crippen LogP contribution in [-0.4, -0.2) is 17.4 Å². The summed E-state index contributed by atoms with van der Waals surface area (Å²) in [4.78, 5) is 15.6. The van der Waals surface area contributed by atoms with Gasteiger partial charge in [-0.25, -0.2) is 4.98 Å². The lowest BCUT2D eigenvalue weighted by Gasteiger charge is -2.07. The molecule has 0 aliphatic carbocycles. The number of pyridine rings is 1. The van der Waals surface area contributed by atoms with Gasteiger partial charge in [-0.2, -0.15) is 0 Å². The van der Waals surface area contributed by atoms with Crippen LogP contribution in [0.15, 0.2) is 22.9 Å². The quantitative estimate of drug-likeness (QED) is 0.843. The van der Waals surface area contributed by atoms with E-state index in [2.05, 4.69) is 40.1 Å². The van der Waals surface area contributed by atoms with Crippen molar-refractivity contribution in [2.75, 3.05) is 6.54 Å². The topological polar surface area (TPSA) is 42.0 Å². The third-order valence-electron chi connectivity index (χ3n) is 1.67. The summed E-state index contributed by atoms with van der Waals surface area (Å²) < 4.78 is 0.584. The first kappa shape index (κ1) is 11.2. The molecule has 4 heteroatoms. The van der Waals surface area contributed by atoms with E-state index in [1.807, 2.05) is 0 Å². The number of nitrogens with one attached hydrogen (secondary N) is 1. The fraction of sp³-hybridized carbons (Fsp3) is 0.400. The molecule has 14 heavy (non-hydrogen) atoms. The molecule has 0 spiro atoms. The fourth-order valence-corrected chi connectivity index (χ4v) is 1.38. The molecule has 1 aromatic heterocycles. The smallest absolute Gasteiger partial charge is 0.254 e. The van der Waals surface area contributed by atoms with Gasteiger partial charge >= 0.3 is 0 Å². The summed E-state index contributed by atoms with van der Waals surface area (Å²) in [5, 5.41) is 2.83. The van der Waals surface area contributed by atoms with E-state index < -0.39 is 0 Å². The van der Waals surface area contributed by atoms with Gasteiger partial charge in [-0.1, -0.05) is 13.8 Å². The van der Waals surface area contributed by atoms with Crippen molar-refractivity contribution < 1.29 is 4.79 Å². The lowest BCUT2D eigenvalue weighted by atomic mass is 10.2. The lowest BCUT2D eigenvalue weighted by Crippen LogP contribution is -2.27. The maximum absolute atomic E-state index is 11.6. The molecule has 1 rings (SSSR count). The van der Waals surface area contributed by atoms with E-state index in [1.165, 1.54) is 0 Å². The van der Waals surface area contributed by atoms with Crippen molar-refractivity contribution >= 4 is 21.8 Å². The minimum absolute atomic E-state index is 0.0846. The zero-order valence-corrected chi connectivity index (χ0v) is 9.84. The van der Waals surface area contributed by atoms with E-state index in [4.69, 9.17) is 0 Å². The minimum Gasteiger partial charge on any atom is -0.352 e. The van der Waals surface area contributed by atoms with Crippen molar-refractivity contribution in [2.45, 2.75) is 13.8 Å². The summed E-state index contributed by atoms with van der Waals surface area (Å²) in [5.41, 5.74) is 0.577. The summed E-state index contributed by atoms with van der Waals surface area (Å²) in [5.74, 6) is 0.369. The van der Waals surface area contributed by atoms with Gasteiger partial charge in [-0.05, 0) is 34.0 Å². The van der Waals surface area contributed by atoms with Gasteiger partial charge in [-0.3, -0.25) is 4.79 Å². The van der Waals surface area contributed by atoms with E-state index in [9.17, 15) is 4.79 Å². The third kappa shape index (κ3) is 3.10. The Bertz CT molecular complexity index is 326. The van der Waals surface area contributed by atoms with Gasteiger partial charge < -0.3 is 5.32 Å². The number of amides is 1. The van der Waals surface area contributed by atoms with Gasteiger partial charge in [0.05, 0.1) is 5.56 Å². The Balaban J connectivity index is 2.65. The SMILES string of the molecule is CC(C)CNC(=O)c1cccnc1Br. The Labute approximate surface area is 92.1 Å². The Morgan fingerprint density at radius 1 is 1.64 bits per heavy atom. The molecular weight excluding hydrogens is 244 g/mol. The van der Waals surface area contributed by atoms with Crippen LogP contribution < -0.4 is 5.32 Å². The van der Waals surface area contributed by atoms with Gasteiger partial charge in [0.15, 0.2) is 0 Å². The molecule has 0 aliphatic heterocycles. The molecule has 1 amide bonds. The van der Waals surface area contributed by atoms with Crippen molar-refractivity contribution in [1.29, 1.82) is 0 Å². The second kappa shape index (κ2) is 5.10. The Kier molecular flexibility index (Phi) is 4.07. The summed E-state index contributed by atoms with van der Waals surface area (Å²) in [6.45, 7) is 4.79. The number of nitrogens with zero attached hydrogens (tertiary/aromatic N) is 1. The fourth-order valence-electron chi connectivity index (χ4n) is 0.947. The van der Waals surface area contributed by atoms with E-state index in [0.29, 0.717) is 22.6 Å². The van der Waals surface area contributed by atoms with Crippen molar-refractivity contribution in [1.82, 2.24) is 10.3 Å². The monoisotopic (exact) mass is 256 g/mol. The standard InChI is InChI=1S/C10H13BrN2O/c1-7(2)6-13-10(14)8-4-3-5-12-9(8)11/h3-5,7H,6H2,1-2H3,(H,13,14). The largest absolute Gasteiger partial charge is 0.352 e. The second-order valence-electron chi connectivity index (χ2n) is 3.45. The zero-order valence-electron chi connectivity index (χ0n) is 8.25. The summed E-state index contributed by atoms with van der Waals surface area (Å²) in [7, 11) is 0. The van der Waals surface area contributed by atoms with Crippen LogP contribution in [0, 0.1) is 5.92 Å². The molecule has 76 valence electrons. The summed E-state index contributed by atoms with van der Waals surface area (Å²) in [6, 6.07) is 3.49. The van der Waals surface area contributed by atoms with E-state index in [1.54, 1.807) is 18.3 Å². The van der Waals surface area contributed by atoms with Crippen LogP contribution in [0.2, 0.25) is 0 Å². The molecule has 0 saturated carbocycles. The van der Waals surface area contributed by atoms with Crippen LogP contribution in [0.5, 0.6) is 0 Å². The first-order chi connectivity index (χ1) is 6.61. The number of aromatic nitrogens is 1. The second-order valence-corrected chi connectivity index (χ2v) is 4.20. The molecule has 1 heterocycles. The summed E-state index contributed by atoms with van der Waals surface area (Å²) in [6.07, 6.45) is 1.64. The highest BCUT2D eigenvalue weighted by Gasteiger charge is 2.09. The molecule has 1 N–H and O–H groups in total.